The minimum Gasteiger partial charge on any atom is -0.403 e. The van der Waals surface area contributed by atoms with Gasteiger partial charge in [0.25, 0.3) is 11.8 Å². The van der Waals surface area contributed by atoms with Crippen molar-refractivity contribution in [1.82, 2.24) is 10.2 Å². The van der Waals surface area contributed by atoms with Gasteiger partial charge in [0.15, 0.2) is 0 Å². The Morgan fingerprint density at radius 3 is 2.87 bits per heavy atom. The molecule has 1 aromatic carbocycles. The highest BCUT2D eigenvalue weighted by Crippen LogP contribution is 2.30. The van der Waals surface area contributed by atoms with Gasteiger partial charge in [0, 0.05) is 16.0 Å². The predicted octanol–water partition coefficient (Wildman–Crippen LogP) is 4.76. The third kappa shape index (κ3) is 3.98. The molecule has 8 heteroatoms. The van der Waals surface area contributed by atoms with E-state index in [0.29, 0.717) is 15.6 Å². The molecule has 23 heavy (non-hydrogen) atoms. The van der Waals surface area contributed by atoms with Gasteiger partial charge in [-0.1, -0.05) is 34.4 Å². The first-order valence-electron chi connectivity index (χ1n) is 6.43. The summed E-state index contributed by atoms with van der Waals surface area (Å²) in [6, 6.07) is 8.71. The molecule has 0 radical (unpaired) electrons. The van der Waals surface area contributed by atoms with Crippen molar-refractivity contribution in [3.05, 3.63) is 56.7 Å². The third-order valence-corrected chi connectivity index (χ3v) is 4.14. The van der Waals surface area contributed by atoms with E-state index in [-0.39, 0.29) is 17.8 Å². The summed E-state index contributed by atoms with van der Waals surface area (Å²) >= 11 is 13.4. The van der Waals surface area contributed by atoms with Crippen molar-refractivity contribution in [2.45, 2.75) is 0 Å². The first-order valence-corrected chi connectivity index (χ1v) is 8.07. The van der Waals surface area contributed by atoms with E-state index in [2.05, 4.69) is 15.5 Å². The number of carbonyl (C=O) groups excluding carboxylic acids is 1. The molecule has 0 saturated carbocycles. The Morgan fingerprint density at radius 2 is 2.13 bits per heavy atom. The smallest absolute Gasteiger partial charge is 0.322 e. The summed E-state index contributed by atoms with van der Waals surface area (Å²) in [5.74, 6) is -0.167. The molecule has 0 saturated heterocycles. The summed E-state index contributed by atoms with van der Waals surface area (Å²) in [6.07, 6.45) is 3.10. The molecule has 2 heterocycles. The lowest BCUT2D eigenvalue weighted by Crippen LogP contribution is -2.07. The zero-order valence-electron chi connectivity index (χ0n) is 11.5. The van der Waals surface area contributed by atoms with Crippen molar-refractivity contribution >= 4 is 52.5 Å². The van der Waals surface area contributed by atoms with Gasteiger partial charge in [-0.25, -0.2) is 0 Å². The molecule has 3 rings (SSSR count). The van der Waals surface area contributed by atoms with Gasteiger partial charge in [-0.15, -0.1) is 16.4 Å². The molecule has 3 aromatic rings. The van der Waals surface area contributed by atoms with E-state index in [9.17, 15) is 4.79 Å². The van der Waals surface area contributed by atoms with Gasteiger partial charge in [-0.2, -0.15) is 0 Å². The standard InChI is InChI=1S/C15H9Cl2N3O2S/c16-9-3-5-11(12(17)8-9)14-19-20-15(22-14)18-13(21)6-4-10-2-1-7-23-10/h1-8H,(H,18,20,21). The van der Waals surface area contributed by atoms with Crippen LogP contribution in [0.25, 0.3) is 17.5 Å². The molecule has 0 aliphatic heterocycles. The average molecular weight is 366 g/mol. The lowest BCUT2D eigenvalue weighted by Gasteiger charge is -1.99. The fourth-order valence-electron chi connectivity index (χ4n) is 1.74. The number of benzene rings is 1. The predicted molar refractivity (Wildman–Crippen MR) is 91.7 cm³/mol. The molecule has 0 aliphatic rings. The molecular formula is C15H9Cl2N3O2S. The van der Waals surface area contributed by atoms with Gasteiger partial charge in [0.1, 0.15) is 0 Å². The number of nitrogens with one attached hydrogen (secondary N) is 1. The summed E-state index contributed by atoms with van der Waals surface area (Å²) in [5.41, 5.74) is 0.540. The molecule has 0 atom stereocenters. The first-order chi connectivity index (χ1) is 11.1. The van der Waals surface area contributed by atoms with Crippen LogP contribution in [0.5, 0.6) is 0 Å². The number of thiophene rings is 1. The van der Waals surface area contributed by atoms with E-state index in [0.717, 1.165) is 4.88 Å². The summed E-state index contributed by atoms with van der Waals surface area (Å²) < 4.78 is 5.39. The molecule has 1 N–H and O–H groups in total. The highest BCUT2D eigenvalue weighted by Gasteiger charge is 2.13. The van der Waals surface area contributed by atoms with Crippen molar-refractivity contribution in [1.29, 1.82) is 0 Å². The minimum atomic E-state index is -0.365. The van der Waals surface area contributed by atoms with Gasteiger partial charge in [0.05, 0.1) is 10.6 Å². The molecule has 116 valence electrons. The second kappa shape index (κ2) is 6.95. The maximum absolute atomic E-state index is 11.8. The fourth-order valence-corrected chi connectivity index (χ4v) is 2.84. The van der Waals surface area contributed by atoms with Gasteiger partial charge >= 0.3 is 6.01 Å². The Labute approximate surface area is 145 Å². The zero-order chi connectivity index (χ0) is 16.2. The number of hydrogen-bond acceptors (Lipinski definition) is 5. The average Bonchev–Trinajstić information content (AvgIpc) is 3.17. The number of aromatic nitrogens is 2. The molecule has 2 aromatic heterocycles. The van der Waals surface area contributed by atoms with Crippen LogP contribution in [0.3, 0.4) is 0 Å². The van der Waals surface area contributed by atoms with Crippen molar-refractivity contribution in [2.75, 3.05) is 5.32 Å². The Balaban J connectivity index is 1.71. The van der Waals surface area contributed by atoms with Crippen LogP contribution >= 0.6 is 34.5 Å². The first kappa shape index (κ1) is 15.7. The van der Waals surface area contributed by atoms with Crippen LogP contribution in [0.2, 0.25) is 10.0 Å². The molecule has 0 bridgehead atoms. The van der Waals surface area contributed by atoms with Crippen LogP contribution in [0.4, 0.5) is 6.01 Å². The summed E-state index contributed by atoms with van der Waals surface area (Å²) in [7, 11) is 0. The normalized spacial score (nSPS) is 11.0. The third-order valence-electron chi connectivity index (χ3n) is 2.76. The lowest BCUT2D eigenvalue weighted by molar-refractivity contribution is -0.112. The Morgan fingerprint density at radius 1 is 1.26 bits per heavy atom. The second-order valence-electron chi connectivity index (χ2n) is 4.37. The van der Waals surface area contributed by atoms with E-state index in [1.165, 1.54) is 17.4 Å². The Kier molecular flexibility index (Phi) is 4.76. The Bertz CT molecular complexity index is 859. The molecular weight excluding hydrogens is 357 g/mol. The maximum Gasteiger partial charge on any atom is 0.322 e. The fraction of sp³-hybridized carbons (Fsp3) is 0. The number of rotatable bonds is 4. The van der Waals surface area contributed by atoms with E-state index in [1.54, 1.807) is 24.3 Å². The summed E-state index contributed by atoms with van der Waals surface area (Å²) in [6.45, 7) is 0. The highest BCUT2D eigenvalue weighted by molar-refractivity contribution is 7.10. The van der Waals surface area contributed by atoms with E-state index in [4.69, 9.17) is 27.6 Å². The monoisotopic (exact) mass is 365 g/mol. The number of anilines is 1. The van der Waals surface area contributed by atoms with Crippen LogP contribution in [0.1, 0.15) is 4.88 Å². The maximum atomic E-state index is 11.8. The second-order valence-corrected chi connectivity index (χ2v) is 6.20. The highest BCUT2D eigenvalue weighted by atomic mass is 35.5. The zero-order valence-corrected chi connectivity index (χ0v) is 13.8. The van der Waals surface area contributed by atoms with Gasteiger partial charge in [-0.3, -0.25) is 10.1 Å². The van der Waals surface area contributed by atoms with E-state index >= 15 is 0 Å². The Hall–Kier alpha value is -2.15. The lowest BCUT2D eigenvalue weighted by atomic mass is 10.2. The van der Waals surface area contributed by atoms with Gasteiger partial charge in [-0.05, 0) is 35.7 Å². The molecule has 0 fully saturated rings. The quantitative estimate of drug-likeness (QED) is 0.676. The number of halogens is 2. The topological polar surface area (TPSA) is 68.0 Å². The number of hydrogen-bond donors (Lipinski definition) is 1. The van der Waals surface area contributed by atoms with Crippen molar-refractivity contribution < 1.29 is 9.21 Å². The number of carbonyl (C=O) groups is 1. The minimum absolute atomic E-state index is 0.00755. The molecule has 0 aliphatic carbocycles. The van der Waals surface area contributed by atoms with Crippen LogP contribution in [-0.4, -0.2) is 16.1 Å². The number of nitrogens with zero attached hydrogens (tertiary/aromatic N) is 2. The summed E-state index contributed by atoms with van der Waals surface area (Å²) in [5, 5.41) is 12.9. The van der Waals surface area contributed by atoms with Crippen molar-refractivity contribution in [2.24, 2.45) is 0 Å². The van der Waals surface area contributed by atoms with Crippen molar-refractivity contribution in [3.8, 4) is 11.5 Å². The van der Waals surface area contributed by atoms with E-state index in [1.807, 2.05) is 17.5 Å². The number of amides is 1. The molecule has 1 amide bonds. The molecule has 0 unspecified atom stereocenters. The molecule has 0 spiro atoms. The van der Waals surface area contributed by atoms with Gasteiger partial charge in [0.2, 0.25) is 0 Å². The van der Waals surface area contributed by atoms with Crippen LogP contribution in [-0.2, 0) is 4.79 Å². The SMILES string of the molecule is O=C(C=Cc1cccs1)Nc1nnc(-c2ccc(Cl)cc2Cl)o1. The van der Waals surface area contributed by atoms with Crippen molar-refractivity contribution in [3.63, 3.8) is 0 Å². The largest absolute Gasteiger partial charge is 0.403 e. The van der Waals surface area contributed by atoms with Crippen LogP contribution in [0.15, 0.2) is 46.2 Å². The molecule has 5 nitrogen and oxygen atoms in total. The summed E-state index contributed by atoms with van der Waals surface area (Å²) in [4.78, 5) is 12.8. The van der Waals surface area contributed by atoms with Crippen LogP contribution in [0, 0.1) is 0 Å². The van der Waals surface area contributed by atoms with E-state index < -0.39 is 0 Å². The van der Waals surface area contributed by atoms with Gasteiger partial charge < -0.3 is 4.42 Å². The van der Waals surface area contributed by atoms with Crippen LogP contribution < -0.4 is 5.32 Å².